The third-order valence-electron chi connectivity index (χ3n) is 2.76. The molecule has 0 spiro atoms. The van der Waals surface area contributed by atoms with Gasteiger partial charge in [-0.15, -0.1) is 0 Å². The molecule has 2 rings (SSSR count). The molecule has 0 aliphatic carbocycles. The van der Waals surface area contributed by atoms with Crippen molar-refractivity contribution in [2.24, 2.45) is 0 Å². The van der Waals surface area contributed by atoms with Gasteiger partial charge < -0.3 is 9.47 Å². The molecule has 0 aliphatic rings. The average Bonchev–Trinajstić information content (AvgIpc) is 2.46. The summed E-state index contributed by atoms with van der Waals surface area (Å²) in [7, 11) is 3.29. The summed E-state index contributed by atoms with van der Waals surface area (Å²) in [5, 5.41) is 0. The summed E-state index contributed by atoms with van der Waals surface area (Å²) in [6, 6.07) is 14.0. The second-order valence-electron chi connectivity index (χ2n) is 3.97. The first kappa shape index (κ1) is 13.7. The Bertz CT molecular complexity index is 574. The zero-order chi connectivity index (χ0) is 13.7. The fourth-order valence-electron chi connectivity index (χ4n) is 1.80. The smallest absolute Gasteiger partial charge is 0.167 e. The van der Waals surface area contributed by atoms with Crippen LogP contribution in [-0.2, 0) is 0 Å². The first-order valence-corrected chi connectivity index (χ1v) is 6.68. The van der Waals surface area contributed by atoms with E-state index in [1.807, 2.05) is 54.6 Å². The Morgan fingerprint density at radius 1 is 0.895 bits per heavy atom. The highest BCUT2D eigenvalue weighted by molar-refractivity contribution is 9.10. The minimum atomic E-state index is 0.737. The van der Waals surface area contributed by atoms with Crippen molar-refractivity contribution in [3.05, 3.63) is 58.1 Å². The van der Waals surface area contributed by atoms with Crippen molar-refractivity contribution in [1.82, 2.24) is 0 Å². The molecule has 2 aromatic rings. The van der Waals surface area contributed by atoms with Crippen molar-refractivity contribution in [1.29, 1.82) is 0 Å². The van der Waals surface area contributed by atoms with Gasteiger partial charge in [0.1, 0.15) is 0 Å². The third kappa shape index (κ3) is 3.38. The number of benzene rings is 2. The van der Waals surface area contributed by atoms with Gasteiger partial charge in [0.15, 0.2) is 11.5 Å². The van der Waals surface area contributed by atoms with Gasteiger partial charge in [-0.2, -0.15) is 0 Å². The van der Waals surface area contributed by atoms with E-state index in [9.17, 15) is 0 Å². The molecule has 0 unspecified atom stereocenters. The lowest BCUT2D eigenvalue weighted by Gasteiger charge is -2.09. The van der Waals surface area contributed by atoms with Crippen molar-refractivity contribution in [2.45, 2.75) is 0 Å². The average molecular weight is 319 g/mol. The Hall–Kier alpha value is -1.74. The lowest BCUT2D eigenvalue weighted by molar-refractivity contribution is 0.354. The van der Waals surface area contributed by atoms with Crippen molar-refractivity contribution in [3.63, 3.8) is 0 Å². The summed E-state index contributed by atoms with van der Waals surface area (Å²) in [5.74, 6) is 1.49. The van der Waals surface area contributed by atoms with Gasteiger partial charge in [-0.05, 0) is 23.8 Å². The van der Waals surface area contributed by atoms with Crippen LogP contribution in [0.3, 0.4) is 0 Å². The summed E-state index contributed by atoms with van der Waals surface area (Å²) in [5.41, 5.74) is 2.12. The number of ether oxygens (including phenoxy) is 2. The van der Waals surface area contributed by atoms with Crippen LogP contribution in [0, 0.1) is 0 Å². The topological polar surface area (TPSA) is 18.5 Å². The molecule has 2 aromatic carbocycles. The predicted octanol–water partition coefficient (Wildman–Crippen LogP) is 4.64. The monoisotopic (exact) mass is 318 g/mol. The molecule has 0 saturated heterocycles. The van der Waals surface area contributed by atoms with Crippen LogP contribution in [0.15, 0.2) is 46.9 Å². The second-order valence-corrected chi connectivity index (χ2v) is 4.88. The van der Waals surface area contributed by atoms with E-state index < -0.39 is 0 Å². The minimum Gasteiger partial charge on any atom is -0.493 e. The van der Waals surface area contributed by atoms with Gasteiger partial charge >= 0.3 is 0 Å². The first-order valence-electron chi connectivity index (χ1n) is 5.89. The largest absolute Gasteiger partial charge is 0.493 e. The molecule has 0 N–H and O–H groups in total. The number of methoxy groups -OCH3 is 2. The van der Waals surface area contributed by atoms with Crippen molar-refractivity contribution in [3.8, 4) is 11.5 Å². The Kier molecular flexibility index (Phi) is 4.63. The van der Waals surface area contributed by atoms with E-state index in [2.05, 4.69) is 15.9 Å². The Morgan fingerprint density at radius 2 is 1.63 bits per heavy atom. The van der Waals surface area contributed by atoms with Gasteiger partial charge in [0.05, 0.1) is 14.2 Å². The zero-order valence-corrected chi connectivity index (χ0v) is 12.5. The highest BCUT2D eigenvalue weighted by Crippen LogP contribution is 2.31. The molecular formula is C16H15BrO2. The maximum Gasteiger partial charge on any atom is 0.167 e. The van der Waals surface area contributed by atoms with Gasteiger partial charge in [-0.3, -0.25) is 0 Å². The molecule has 19 heavy (non-hydrogen) atoms. The molecular weight excluding hydrogens is 304 g/mol. The molecule has 0 radical (unpaired) electrons. The van der Waals surface area contributed by atoms with Crippen molar-refractivity contribution in [2.75, 3.05) is 14.2 Å². The third-order valence-corrected chi connectivity index (χ3v) is 3.29. The van der Waals surface area contributed by atoms with Crippen LogP contribution >= 0.6 is 15.9 Å². The summed E-state index contributed by atoms with van der Waals surface area (Å²) in [4.78, 5) is 0. The summed E-state index contributed by atoms with van der Waals surface area (Å²) < 4.78 is 11.7. The van der Waals surface area contributed by atoms with E-state index in [1.54, 1.807) is 14.2 Å². The van der Waals surface area contributed by atoms with Gasteiger partial charge in [0.25, 0.3) is 0 Å². The molecule has 0 saturated carbocycles. The molecule has 0 amide bonds. The molecule has 2 nitrogen and oxygen atoms in total. The second kappa shape index (κ2) is 6.43. The Balaban J connectivity index is 2.30. The van der Waals surface area contributed by atoms with Crippen LogP contribution in [0.25, 0.3) is 12.2 Å². The summed E-state index contributed by atoms with van der Waals surface area (Å²) in [6.07, 6.45) is 4.06. The number of hydrogen-bond acceptors (Lipinski definition) is 2. The molecule has 0 aromatic heterocycles. The molecule has 3 heteroatoms. The number of halogens is 1. The highest BCUT2D eigenvalue weighted by Gasteiger charge is 2.06. The maximum absolute atomic E-state index is 5.39. The van der Waals surface area contributed by atoms with E-state index in [1.165, 1.54) is 0 Å². The summed E-state index contributed by atoms with van der Waals surface area (Å²) >= 11 is 3.42. The van der Waals surface area contributed by atoms with Crippen LogP contribution in [0.1, 0.15) is 11.1 Å². The van der Waals surface area contributed by atoms with Gasteiger partial charge in [-0.25, -0.2) is 0 Å². The standard InChI is InChI=1S/C16H15BrO2/c1-18-15-5-3-4-13(16(15)19-2)9-6-12-7-10-14(17)11-8-12/h3-11H,1-2H3/b9-6+. The minimum absolute atomic E-state index is 0.737. The van der Waals surface area contributed by atoms with E-state index in [0.29, 0.717) is 0 Å². The van der Waals surface area contributed by atoms with Crippen LogP contribution in [0.4, 0.5) is 0 Å². The SMILES string of the molecule is COc1cccc(/C=C/c2ccc(Br)cc2)c1OC. The molecule has 0 heterocycles. The van der Waals surface area contributed by atoms with E-state index >= 15 is 0 Å². The van der Waals surface area contributed by atoms with E-state index in [4.69, 9.17) is 9.47 Å². The molecule has 0 atom stereocenters. The zero-order valence-electron chi connectivity index (χ0n) is 10.9. The van der Waals surface area contributed by atoms with Crippen molar-refractivity contribution < 1.29 is 9.47 Å². The van der Waals surface area contributed by atoms with Crippen LogP contribution in [0.2, 0.25) is 0 Å². The van der Waals surface area contributed by atoms with Crippen LogP contribution < -0.4 is 9.47 Å². The fraction of sp³-hybridized carbons (Fsp3) is 0.125. The lowest BCUT2D eigenvalue weighted by atomic mass is 10.1. The van der Waals surface area contributed by atoms with E-state index in [0.717, 1.165) is 27.1 Å². The number of para-hydroxylation sites is 1. The fourth-order valence-corrected chi connectivity index (χ4v) is 2.07. The molecule has 0 aliphatic heterocycles. The predicted molar refractivity (Wildman–Crippen MR) is 82.6 cm³/mol. The van der Waals surface area contributed by atoms with Gasteiger partial charge in [-0.1, -0.05) is 52.3 Å². The van der Waals surface area contributed by atoms with Crippen LogP contribution in [-0.4, -0.2) is 14.2 Å². The Labute approximate surface area is 121 Å². The molecule has 98 valence electrons. The maximum atomic E-state index is 5.39. The van der Waals surface area contributed by atoms with E-state index in [-0.39, 0.29) is 0 Å². The Morgan fingerprint density at radius 3 is 2.26 bits per heavy atom. The molecule has 0 bridgehead atoms. The first-order chi connectivity index (χ1) is 9.24. The molecule has 0 fully saturated rings. The number of hydrogen-bond donors (Lipinski definition) is 0. The number of rotatable bonds is 4. The van der Waals surface area contributed by atoms with Gasteiger partial charge in [0.2, 0.25) is 0 Å². The van der Waals surface area contributed by atoms with Crippen molar-refractivity contribution >= 4 is 28.1 Å². The summed E-state index contributed by atoms with van der Waals surface area (Å²) in [6.45, 7) is 0. The normalized spacial score (nSPS) is 10.7. The quantitative estimate of drug-likeness (QED) is 0.765. The van der Waals surface area contributed by atoms with Crippen LogP contribution in [0.5, 0.6) is 11.5 Å². The highest BCUT2D eigenvalue weighted by atomic mass is 79.9. The lowest BCUT2D eigenvalue weighted by Crippen LogP contribution is -1.92. The van der Waals surface area contributed by atoms with Gasteiger partial charge in [0, 0.05) is 10.0 Å².